The van der Waals surface area contributed by atoms with Crippen LogP contribution in [0.5, 0.6) is 0 Å². The van der Waals surface area contributed by atoms with Crippen LogP contribution in [0.1, 0.15) is 123 Å². The molecule has 5 atom stereocenters. The molecule has 0 aromatic heterocycles. The molecule has 0 saturated heterocycles. The highest BCUT2D eigenvalue weighted by Gasteiger charge is 2.22. The average Bonchev–Trinajstić information content (AvgIpc) is 3.20. The zero-order valence-corrected chi connectivity index (χ0v) is 38.8. The summed E-state index contributed by atoms with van der Waals surface area (Å²) in [5, 5.41) is 30.4. The molecule has 0 aliphatic rings. The predicted molar refractivity (Wildman–Crippen MR) is 244 cm³/mol. The van der Waals surface area contributed by atoms with E-state index in [9.17, 15) is 34.4 Å². The minimum Gasteiger partial charge on any atom is -0.756 e. The highest BCUT2D eigenvalue weighted by Crippen LogP contribution is 2.38. The second-order valence-corrected chi connectivity index (χ2v) is 17.3. The summed E-state index contributed by atoms with van der Waals surface area (Å²) >= 11 is 0. The number of aliphatic hydroxyl groups excluding tert-OH is 3. The van der Waals surface area contributed by atoms with Crippen molar-refractivity contribution in [3.05, 3.63) is 97.2 Å². The third kappa shape index (κ3) is 40.6. The molecule has 12 nitrogen and oxygen atoms in total. The normalized spacial score (nSPS) is 16.0. The Labute approximate surface area is 368 Å². The van der Waals surface area contributed by atoms with Crippen LogP contribution in [0.2, 0.25) is 0 Å². The summed E-state index contributed by atoms with van der Waals surface area (Å²) < 4.78 is 33.5. The largest absolute Gasteiger partial charge is 0.756 e. The Hall–Kier alpha value is -3.19. The molecule has 0 aromatic carbocycles. The minimum absolute atomic E-state index is 0.0734. The van der Waals surface area contributed by atoms with Crippen LogP contribution in [-0.4, -0.2) is 104 Å². The van der Waals surface area contributed by atoms with Gasteiger partial charge in [-0.15, -0.1) is 0 Å². The van der Waals surface area contributed by atoms with Gasteiger partial charge in [0.25, 0.3) is 7.82 Å². The lowest BCUT2D eigenvalue weighted by molar-refractivity contribution is -0.870. The first-order chi connectivity index (χ1) is 29.2. The Kier molecular flexibility index (Phi) is 36.5. The van der Waals surface area contributed by atoms with Crippen LogP contribution >= 0.6 is 7.82 Å². The fourth-order valence-corrected chi connectivity index (χ4v) is 6.03. The van der Waals surface area contributed by atoms with Crippen LogP contribution in [0.3, 0.4) is 0 Å². The Morgan fingerprint density at radius 1 is 0.672 bits per heavy atom. The monoisotopic (exact) mass is 878 g/mol. The molecule has 13 heteroatoms. The van der Waals surface area contributed by atoms with Gasteiger partial charge >= 0.3 is 11.9 Å². The number of quaternary nitrogens is 1. The van der Waals surface area contributed by atoms with Crippen molar-refractivity contribution >= 4 is 19.8 Å². The van der Waals surface area contributed by atoms with Crippen molar-refractivity contribution < 1.29 is 57.4 Å². The minimum atomic E-state index is -4.73. The predicted octanol–water partition coefficient (Wildman–Crippen LogP) is 8.85. The van der Waals surface area contributed by atoms with E-state index >= 15 is 0 Å². The summed E-state index contributed by atoms with van der Waals surface area (Å²) in [5.74, 6) is -1.24. The number of hydrogen-bond acceptors (Lipinski definition) is 11. The molecule has 0 radical (unpaired) electrons. The number of unbranched alkanes of at least 4 members (excludes halogenated alkanes) is 7. The van der Waals surface area contributed by atoms with Crippen molar-refractivity contribution in [3.8, 4) is 0 Å². The van der Waals surface area contributed by atoms with Crippen molar-refractivity contribution in [2.45, 2.75) is 147 Å². The SMILES string of the molecule is CC/C=C\C[C@@H](O)/C=C/C=C/C=C\C=C/[C@H](O)[C@@H](O)CCCC(=O)OC[C@H](COP(=O)([O-])OCC[N+](C)(C)C)OC(=O)CCC/C=C\C/C=C\C/C=C\CCCCCCCC. The van der Waals surface area contributed by atoms with Crippen LogP contribution in [-0.2, 0) is 32.7 Å². The number of hydrogen-bond donors (Lipinski definition) is 3. The van der Waals surface area contributed by atoms with E-state index in [1.807, 2.05) is 52.4 Å². The Morgan fingerprint density at radius 2 is 1.26 bits per heavy atom. The van der Waals surface area contributed by atoms with E-state index in [0.29, 0.717) is 30.3 Å². The number of nitrogens with zero attached hydrogens (tertiary/aromatic N) is 1. The summed E-state index contributed by atoms with van der Waals surface area (Å²) in [7, 11) is 0.926. The Morgan fingerprint density at radius 3 is 1.92 bits per heavy atom. The third-order valence-corrected chi connectivity index (χ3v) is 9.89. The molecule has 0 aliphatic carbocycles. The van der Waals surface area contributed by atoms with Crippen LogP contribution in [0.15, 0.2) is 97.2 Å². The quantitative estimate of drug-likeness (QED) is 0.0135. The molecule has 0 bridgehead atoms. The van der Waals surface area contributed by atoms with Gasteiger partial charge in [-0.25, -0.2) is 0 Å². The average molecular weight is 878 g/mol. The first-order valence-corrected chi connectivity index (χ1v) is 23.7. The van der Waals surface area contributed by atoms with Crippen molar-refractivity contribution in [2.24, 2.45) is 0 Å². The zero-order valence-electron chi connectivity index (χ0n) is 37.9. The first-order valence-electron chi connectivity index (χ1n) is 22.3. The Balaban J connectivity index is 4.78. The van der Waals surface area contributed by atoms with Crippen LogP contribution in [0, 0.1) is 0 Å². The van der Waals surface area contributed by atoms with Gasteiger partial charge in [0.2, 0.25) is 0 Å². The number of carbonyl (C=O) groups is 2. The summed E-state index contributed by atoms with van der Waals surface area (Å²) in [6.07, 6.45) is 39.7. The maximum atomic E-state index is 12.7. The van der Waals surface area contributed by atoms with E-state index in [1.54, 1.807) is 42.5 Å². The topological polar surface area (TPSA) is 172 Å². The van der Waals surface area contributed by atoms with Crippen molar-refractivity contribution in [2.75, 3.05) is 47.5 Å². The standard InChI is InChI=1S/C48H80NO11P/c1-6-8-10-11-12-13-14-15-16-17-18-19-20-21-22-27-31-37-48(54)60-44(42-59-61(55,56)58-40-39-49(3,4)5)41-57-47(53)38-32-36-46(52)45(51)35-30-26-24-23-25-29-34-43(50)33-28-9-7-2/h9,15-16,18-19,21-26,28-30,34-35,43-46,50-52H,6-8,10-14,17,20,27,31-33,36-42H2,1-5H3/b16-15-,19-18-,22-21-,25-23+,26-24-,28-9-,34-29+,35-30-/t43-,44-,45+,46+/m1/s1. The summed E-state index contributed by atoms with van der Waals surface area (Å²) in [6.45, 7) is 3.54. The van der Waals surface area contributed by atoms with Gasteiger partial charge in [-0.2, -0.15) is 0 Å². The lowest BCUT2D eigenvalue weighted by atomic mass is 10.1. The molecule has 0 rings (SSSR count). The van der Waals surface area contributed by atoms with E-state index in [4.69, 9.17) is 18.5 Å². The molecule has 348 valence electrons. The number of allylic oxidation sites excluding steroid dienone is 13. The van der Waals surface area contributed by atoms with E-state index < -0.39 is 57.4 Å². The van der Waals surface area contributed by atoms with Gasteiger partial charge in [0.15, 0.2) is 6.10 Å². The molecule has 61 heavy (non-hydrogen) atoms. The maximum Gasteiger partial charge on any atom is 0.306 e. The maximum absolute atomic E-state index is 12.7. The highest BCUT2D eigenvalue weighted by molar-refractivity contribution is 7.45. The zero-order chi connectivity index (χ0) is 45.5. The smallest absolute Gasteiger partial charge is 0.306 e. The van der Waals surface area contributed by atoms with Crippen LogP contribution in [0.25, 0.3) is 0 Å². The van der Waals surface area contributed by atoms with E-state index in [2.05, 4.69) is 31.2 Å². The fraction of sp³-hybridized carbons (Fsp3) is 0.625. The number of ether oxygens (including phenoxy) is 2. The Bertz CT molecular complexity index is 1410. The van der Waals surface area contributed by atoms with Crippen LogP contribution < -0.4 is 4.89 Å². The summed E-state index contributed by atoms with van der Waals surface area (Å²) in [6, 6.07) is 0. The first kappa shape index (κ1) is 57.8. The molecule has 0 spiro atoms. The molecule has 0 amide bonds. The molecular weight excluding hydrogens is 797 g/mol. The molecule has 3 N–H and O–H groups in total. The number of phosphoric acid groups is 1. The third-order valence-electron chi connectivity index (χ3n) is 8.93. The molecular formula is C48H80NO11P. The number of carbonyl (C=O) groups excluding carboxylic acids is 2. The number of aliphatic hydroxyl groups is 3. The molecule has 0 fully saturated rings. The van der Waals surface area contributed by atoms with E-state index in [1.165, 1.54) is 44.6 Å². The van der Waals surface area contributed by atoms with Gasteiger partial charge in [-0.3, -0.25) is 14.2 Å². The van der Waals surface area contributed by atoms with Gasteiger partial charge in [0.1, 0.15) is 19.8 Å². The van der Waals surface area contributed by atoms with Gasteiger partial charge < -0.3 is 43.2 Å². The van der Waals surface area contributed by atoms with Crippen molar-refractivity contribution in [3.63, 3.8) is 0 Å². The number of likely N-dealkylation sites (N-methyl/N-ethyl adjacent to an activating group) is 1. The molecule has 0 aliphatic heterocycles. The number of rotatable bonds is 38. The lowest BCUT2D eigenvalue weighted by Gasteiger charge is -2.28. The molecule has 1 unspecified atom stereocenters. The van der Waals surface area contributed by atoms with Gasteiger partial charge in [-0.05, 0) is 64.2 Å². The highest BCUT2D eigenvalue weighted by atomic mass is 31.2. The molecule has 0 heterocycles. The van der Waals surface area contributed by atoms with Crippen molar-refractivity contribution in [1.29, 1.82) is 0 Å². The van der Waals surface area contributed by atoms with Gasteiger partial charge in [0, 0.05) is 12.8 Å². The van der Waals surface area contributed by atoms with E-state index in [0.717, 1.165) is 25.7 Å². The molecule has 0 aromatic rings. The van der Waals surface area contributed by atoms with Crippen molar-refractivity contribution in [1.82, 2.24) is 0 Å². The second-order valence-electron chi connectivity index (χ2n) is 15.9. The summed E-state index contributed by atoms with van der Waals surface area (Å²) in [4.78, 5) is 37.6. The summed E-state index contributed by atoms with van der Waals surface area (Å²) in [5.41, 5.74) is 0. The fourth-order valence-electron chi connectivity index (χ4n) is 5.30. The van der Waals surface area contributed by atoms with Crippen LogP contribution in [0.4, 0.5) is 0 Å². The van der Waals surface area contributed by atoms with E-state index in [-0.39, 0.29) is 32.3 Å². The lowest BCUT2D eigenvalue weighted by Crippen LogP contribution is -2.37. The molecule has 0 saturated carbocycles. The number of esters is 2. The number of phosphoric ester groups is 1. The van der Waals surface area contributed by atoms with Gasteiger partial charge in [-0.1, -0.05) is 143 Å². The van der Waals surface area contributed by atoms with Gasteiger partial charge in [0.05, 0.1) is 46.1 Å². The second kappa shape index (κ2) is 38.5.